The number of nitrogens with one attached hydrogen (secondary N) is 3. The molecule has 1 fully saturated rings. The molecule has 1 unspecified atom stereocenters. The van der Waals surface area contributed by atoms with Crippen LogP contribution in [0.1, 0.15) is 48.5 Å². The van der Waals surface area contributed by atoms with Crippen LogP contribution < -0.4 is 16.0 Å². The quantitative estimate of drug-likeness (QED) is 0.716. The van der Waals surface area contributed by atoms with Gasteiger partial charge >= 0.3 is 0 Å². The monoisotopic (exact) mass is 303 g/mol. The van der Waals surface area contributed by atoms with Gasteiger partial charge in [0.05, 0.1) is 0 Å². The van der Waals surface area contributed by atoms with E-state index in [9.17, 15) is 9.59 Å². The molecule has 1 aromatic carbocycles. The lowest BCUT2D eigenvalue weighted by Gasteiger charge is -2.11. The minimum atomic E-state index is -0.0646. The Hall–Kier alpha value is -1.88. The topological polar surface area (TPSA) is 70.2 Å². The number of amides is 2. The fraction of sp³-hybridized carbons (Fsp3) is 0.529. The van der Waals surface area contributed by atoms with E-state index in [1.807, 2.05) is 25.1 Å². The minimum absolute atomic E-state index is 0.0558. The van der Waals surface area contributed by atoms with Crippen LogP contribution in [-0.4, -0.2) is 30.9 Å². The molecule has 120 valence electrons. The summed E-state index contributed by atoms with van der Waals surface area (Å²) < 4.78 is 0. The van der Waals surface area contributed by atoms with Gasteiger partial charge < -0.3 is 16.0 Å². The fourth-order valence-electron chi connectivity index (χ4n) is 2.59. The van der Waals surface area contributed by atoms with E-state index in [2.05, 4.69) is 16.0 Å². The molecular formula is C17H25N3O2. The van der Waals surface area contributed by atoms with Crippen molar-refractivity contribution < 1.29 is 9.59 Å². The molecular weight excluding hydrogens is 278 g/mol. The molecule has 0 aliphatic carbocycles. The molecule has 3 N–H and O–H groups in total. The highest BCUT2D eigenvalue weighted by molar-refractivity contribution is 5.94. The van der Waals surface area contributed by atoms with Crippen molar-refractivity contribution in [3.8, 4) is 0 Å². The smallest absolute Gasteiger partial charge is 0.251 e. The van der Waals surface area contributed by atoms with Crippen LogP contribution >= 0.6 is 0 Å². The summed E-state index contributed by atoms with van der Waals surface area (Å²) in [5, 5.41) is 9.09. The molecule has 1 saturated heterocycles. The third kappa shape index (κ3) is 5.15. The zero-order chi connectivity index (χ0) is 15.8. The van der Waals surface area contributed by atoms with Crippen molar-refractivity contribution in [1.29, 1.82) is 0 Å². The lowest BCUT2D eigenvalue weighted by Crippen LogP contribution is -2.31. The van der Waals surface area contributed by atoms with Crippen molar-refractivity contribution in [1.82, 2.24) is 16.0 Å². The van der Waals surface area contributed by atoms with E-state index >= 15 is 0 Å². The van der Waals surface area contributed by atoms with Gasteiger partial charge in [0.15, 0.2) is 0 Å². The molecule has 1 aromatic rings. The Morgan fingerprint density at radius 2 is 2.18 bits per heavy atom. The normalized spacial score (nSPS) is 17.2. The van der Waals surface area contributed by atoms with Crippen LogP contribution in [0.2, 0.25) is 0 Å². The van der Waals surface area contributed by atoms with Crippen LogP contribution in [0, 0.1) is 0 Å². The Balaban J connectivity index is 1.82. The maximum atomic E-state index is 11.9. The van der Waals surface area contributed by atoms with Gasteiger partial charge in [0.1, 0.15) is 0 Å². The highest BCUT2D eigenvalue weighted by atomic mass is 16.2. The SMILES string of the molecule is CCCNC(=O)c1cccc(CNC(=O)CC2CCCN2)c1. The van der Waals surface area contributed by atoms with Gasteiger partial charge in [-0.25, -0.2) is 0 Å². The first-order valence-corrected chi connectivity index (χ1v) is 8.06. The standard InChI is InChI=1S/C17H25N3O2/c1-2-8-19-17(22)14-6-3-5-13(10-14)12-20-16(21)11-15-7-4-9-18-15/h3,5-6,10,15,18H,2,4,7-9,11-12H2,1H3,(H,19,22)(H,20,21). The van der Waals surface area contributed by atoms with Gasteiger partial charge in [-0.05, 0) is 43.5 Å². The van der Waals surface area contributed by atoms with Gasteiger partial charge in [-0.2, -0.15) is 0 Å². The Kier molecular flexibility index (Phi) is 6.40. The lowest BCUT2D eigenvalue weighted by molar-refractivity contribution is -0.121. The maximum absolute atomic E-state index is 11.9. The van der Waals surface area contributed by atoms with Crippen LogP contribution in [-0.2, 0) is 11.3 Å². The zero-order valence-electron chi connectivity index (χ0n) is 13.2. The van der Waals surface area contributed by atoms with E-state index in [4.69, 9.17) is 0 Å². The van der Waals surface area contributed by atoms with E-state index in [-0.39, 0.29) is 11.8 Å². The van der Waals surface area contributed by atoms with Crippen molar-refractivity contribution in [2.24, 2.45) is 0 Å². The Labute approximate surface area is 131 Å². The summed E-state index contributed by atoms with van der Waals surface area (Å²) in [5.74, 6) is -0.00887. The number of hydrogen-bond acceptors (Lipinski definition) is 3. The van der Waals surface area contributed by atoms with E-state index in [1.54, 1.807) is 6.07 Å². The first-order chi connectivity index (χ1) is 10.7. The molecule has 1 aliphatic heterocycles. The molecule has 0 bridgehead atoms. The van der Waals surface area contributed by atoms with Crippen molar-refractivity contribution in [2.75, 3.05) is 13.1 Å². The minimum Gasteiger partial charge on any atom is -0.352 e. The highest BCUT2D eigenvalue weighted by Crippen LogP contribution is 2.09. The molecule has 22 heavy (non-hydrogen) atoms. The molecule has 0 aromatic heterocycles. The van der Waals surface area contributed by atoms with Gasteiger partial charge in [-0.15, -0.1) is 0 Å². The zero-order valence-corrected chi connectivity index (χ0v) is 13.2. The largest absolute Gasteiger partial charge is 0.352 e. The van der Waals surface area contributed by atoms with E-state index in [0.717, 1.165) is 31.4 Å². The average molecular weight is 303 g/mol. The second-order valence-electron chi connectivity index (χ2n) is 5.73. The van der Waals surface area contributed by atoms with Crippen molar-refractivity contribution in [2.45, 2.75) is 45.2 Å². The molecule has 0 saturated carbocycles. The van der Waals surface area contributed by atoms with E-state index < -0.39 is 0 Å². The summed E-state index contributed by atoms with van der Waals surface area (Å²) in [6, 6.07) is 7.70. The highest BCUT2D eigenvalue weighted by Gasteiger charge is 2.17. The predicted octanol–water partition coefficient (Wildman–Crippen LogP) is 1.58. The summed E-state index contributed by atoms with van der Waals surface area (Å²) in [5.41, 5.74) is 1.58. The Morgan fingerprint density at radius 1 is 1.32 bits per heavy atom. The number of rotatable bonds is 7. The van der Waals surface area contributed by atoms with Crippen LogP contribution in [0.4, 0.5) is 0 Å². The van der Waals surface area contributed by atoms with Crippen LogP contribution in [0.15, 0.2) is 24.3 Å². The maximum Gasteiger partial charge on any atom is 0.251 e. The second kappa shape index (κ2) is 8.54. The summed E-state index contributed by atoms with van der Waals surface area (Å²) in [6.07, 6.45) is 3.65. The van der Waals surface area contributed by atoms with E-state index in [0.29, 0.717) is 31.1 Å². The number of hydrogen-bond donors (Lipinski definition) is 3. The molecule has 1 heterocycles. The van der Waals surface area contributed by atoms with Gasteiger partial charge in [-0.3, -0.25) is 9.59 Å². The number of carbonyl (C=O) groups excluding carboxylic acids is 2. The number of carbonyl (C=O) groups is 2. The van der Waals surface area contributed by atoms with Gasteiger partial charge in [0, 0.05) is 31.1 Å². The van der Waals surface area contributed by atoms with Crippen molar-refractivity contribution in [3.63, 3.8) is 0 Å². The second-order valence-corrected chi connectivity index (χ2v) is 5.73. The fourth-order valence-corrected chi connectivity index (χ4v) is 2.59. The molecule has 1 atom stereocenters. The van der Waals surface area contributed by atoms with Crippen LogP contribution in [0.25, 0.3) is 0 Å². The van der Waals surface area contributed by atoms with Crippen molar-refractivity contribution in [3.05, 3.63) is 35.4 Å². The molecule has 5 heteroatoms. The third-order valence-corrected chi connectivity index (χ3v) is 3.81. The van der Waals surface area contributed by atoms with Crippen LogP contribution in [0.3, 0.4) is 0 Å². The molecule has 2 rings (SSSR count). The summed E-state index contributed by atoms with van der Waals surface area (Å²) in [7, 11) is 0. The molecule has 2 amide bonds. The average Bonchev–Trinajstić information content (AvgIpc) is 3.04. The van der Waals surface area contributed by atoms with Gasteiger partial charge in [0.25, 0.3) is 5.91 Å². The molecule has 0 spiro atoms. The molecule has 0 radical (unpaired) electrons. The first-order valence-electron chi connectivity index (χ1n) is 8.06. The lowest BCUT2D eigenvalue weighted by atomic mass is 10.1. The van der Waals surface area contributed by atoms with Gasteiger partial charge in [0.2, 0.25) is 5.91 Å². The summed E-state index contributed by atoms with van der Waals surface area (Å²) >= 11 is 0. The Morgan fingerprint density at radius 3 is 2.91 bits per heavy atom. The summed E-state index contributed by atoms with van der Waals surface area (Å²) in [4.78, 5) is 23.8. The first kappa shape index (κ1) is 16.5. The summed E-state index contributed by atoms with van der Waals surface area (Å²) in [6.45, 7) is 4.16. The number of benzene rings is 1. The van der Waals surface area contributed by atoms with Gasteiger partial charge in [-0.1, -0.05) is 19.1 Å². The van der Waals surface area contributed by atoms with Crippen LogP contribution in [0.5, 0.6) is 0 Å². The third-order valence-electron chi connectivity index (χ3n) is 3.81. The predicted molar refractivity (Wildman–Crippen MR) is 86.6 cm³/mol. The van der Waals surface area contributed by atoms with E-state index in [1.165, 1.54) is 0 Å². The Bertz CT molecular complexity index is 510. The molecule has 5 nitrogen and oxygen atoms in total. The van der Waals surface area contributed by atoms with Crippen molar-refractivity contribution >= 4 is 11.8 Å². The molecule has 1 aliphatic rings.